The molecule has 1 atom stereocenters. The summed E-state index contributed by atoms with van der Waals surface area (Å²) >= 11 is 0. The number of para-hydroxylation sites is 1. The molecule has 0 fully saturated rings. The highest BCUT2D eigenvalue weighted by molar-refractivity contribution is 5.87. The standard InChI is InChI=1S/C22H28N2O4/c1-17(22(26)23-2)24(16-18-9-7-12-20(15-18)27-3)21(25)13-8-14-28-19-10-5-4-6-11-19/h4-7,9-12,15,17H,8,13-14,16H2,1-3H3,(H,23,26)/t17-/m0/s1. The second-order valence-electron chi connectivity index (χ2n) is 6.43. The molecular weight excluding hydrogens is 356 g/mol. The molecule has 28 heavy (non-hydrogen) atoms. The number of benzene rings is 2. The van der Waals surface area contributed by atoms with E-state index in [1.54, 1.807) is 26.0 Å². The van der Waals surface area contributed by atoms with Crippen LogP contribution in [0.4, 0.5) is 0 Å². The van der Waals surface area contributed by atoms with E-state index in [0.29, 0.717) is 31.7 Å². The molecule has 0 aliphatic heterocycles. The van der Waals surface area contributed by atoms with Crippen molar-refractivity contribution in [2.45, 2.75) is 32.4 Å². The Morgan fingerprint density at radius 1 is 1.07 bits per heavy atom. The van der Waals surface area contributed by atoms with Gasteiger partial charge >= 0.3 is 0 Å². The van der Waals surface area contributed by atoms with Gasteiger partial charge in [0.15, 0.2) is 0 Å². The van der Waals surface area contributed by atoms with Gasteiger partial charge in [-0.05, 0) is 43.2 Å². The number of amides is 2. The van der Waals surface area contributed by atoms with Crippen molar-refractivity contribution in [1.29, 1.82) is 0 Å². The van der Waals surface area contributed by atoms with Gasteiger partial charge in [0, 0.05) is 20.0 Å². The van der Waals surface area contributed by atoms with Gasteiger partial charge < -0.3 is 19.7 Å². The van der Waals surface area contributed by atoms with E-state index in [1.807, 2.05) is 54.6 Å². The summed E-state index contributed by atoms with van der Waals surface area (Å²) < 4.78 is 10.9. The van der Waals surface area contributed by atoms with Crippen molar-refractivity contribution in [1.82, 2.24) is 10.2 Å². The van der Waals surface area contributed by atoms with Crippen LogP contribution in [0.25, 0.3) is 0 Å². The molecule has 0 saturated heterocycles. The minimum absolute atomic E-state index is 0.0874. The molecule has 6 heteroatoms. The first kappa shape index (κ1) is 21.3. The van der Waals surface area contributed by atoms with Gasteiger partial charge in [-0.2, -0.15) is 0 Å². The fraction of sp³-hybridized carbons (Fsp3) is 0.364. The molecule has 0 saturated carbocycles. The van der Waals surface area contributed by atoms with Crippen LogP contribution in [0.15, 0.2) is 54.6 Å². The summed E-state index contributed by atoms with van der Waals surface area (Å²) in [4.78, 5) is 26.6. The van der Waals surface area contributed by atoms with Crippen molar-refractivity contribution in [2.24, 2.45) is 0 Å². The highest BCUT2D eigenvalue weighted by atomic mass is 16.5. The fourth-order valence-corrected chi connectivity index (χ4v) is 2.83. The number of hydrogen-bond donors (Lipinski definition) is 1. The summed E-state index contributed by atoms with van der Waals surface area (Å²) in [5, 5.41) is 2.61. The third-order valence-corrected chi connectivity index (χ3v) is 4.45. The molecule has 0 bridgehead atoms. The molecule has 0 radical (unpaired) electrons. The zero-order valence-corrected chi connectivity index (χ0v) is 16.7. The highest BCUT2D eigenvalue weighted by Gasteiger charge is 2.25. The summed E-state index contributed by atoms with van der Waals surface area (Å²) in [5.74, 6) is 1.21. The third-order valence-electron chi connectivity index (χ3n) is 4.45. The number of nitrogens with zero attached hydrogens (tertiary/aromatic N) is 1. The molecule has 0 aliphatic rings. The van der Waals surface area contributed by atoms with Gasteiger partial charge in [0.05, 0.1) is 13.7 Å². The van der Waals surface area contributed by atoms with Crippen LogP contribution >= 0.6 is 0 Å². The second-order valence-corrected chi connectivity index (χ2v) is 6.43. The predicted octanol–water partition coefficient (Wildman–Crippen LogP) is 3.02. The summed E-state index contributed by atoms with van der Waals surface area (Å²) in [6.07, 6.45) is 0.876. The first-order chi connectivity index (χ1) is 13.5. The lowest BCUT2D eigenvalue weighted by Gasteiger charge is -2.28. The molecule has 2 amide bonds. The molecule has 0 heterocycles. The van der Waals surface area contributed by atoms with Crippen molar-refractivity contribution in [3.05, 3.63) is 60.2 Å². The summed E-state index contributed by atoms with van der Waals surface area (Å²) in [6.45, 7) is 2.51. The Kier molecular flexibility index (Phi) is 8.34. The number of carbonyl (C=O) groups excluding carboxylic acids is 2. The fourth-order valence-electron chi connectivity index (χ4n) is 2.83. The van der Waals surface area contributed by atoms with Gasteiger partial charge in [0.25, 0.3) is 0 Å². The Balaban J connectivity index is 1.98. The van der Waals surface area contributed by atoms with E-state index >= 15 is 0 Å². The van der Waals surface area contributed by atoms with Crippen molar-refractivity contribution < 1.29 is 19.1 Å². The van der Waals surface area contributed by atoms with E-state index < -0.39 is 6.04 Å². The highest BCUT2D eigenvalue weighted by Crippen LogP contribution is 2.17. The smallest absolute Gasteiger partial charge is 0.242 e. The molecule has 2 rings (SSSR count). The van der Waals surface area contributed by atoms with E-state index in [1.165, 1.54) is 0 Å². The van der Waals surface area contributed by atoms with Crippen LogP contribution in [0.3, 0.4) is 0 Å². The lowest BCUT2D eigenvalue weighted by Crippen LogP contribution is -2.46. The molecule has 1 N–H and O–H groups in total. The average molecular weight is 384 g/mol. The van der Waals surface area contributed by atoms with Gasteiger partial charge in [-0.15, -0.1) is 0 Å². The Labute approximate surface area is 166 Å². The van der Waals surface area contributed by atoms with E-state index in [2.05, 4.69) is 5.32 Å². The van der Waals surface area contributed by atoms with E-state index in [-0.39, 0.29) is 11.8 Å². The van der Waals surface area contributed by atoms with Gasteiger partial charge in [0.1, 0.15) is 17.5 Å². The topological polar surface area (TPSA) is 67.9 Å². The zero-order valence-electron chi connectivity index (χ0n) is 16.7. The largest absolute Gasteiger partial charge is 0.497 e. The quantitative estimate of drug-likeness (QED) is 0.640. The molecule has 0 aromatic heterocycles. The van der Waals surface area contributed by atoms with Crippen molar-refractivity contribution >= 4 is 11.8 Å². The van der Waals surface area contributed by atoms with Crippen molar-refractivity contribution in [3.8, 4) is 11.5 Å². The first-order valence-electron chi connectivity index (χ1n) is 9.37. The molecule has 6 nitrogen and oxygen atoms in total. The van der Waals surface area contributed by atoms with Crippen LogP contribution in [0.2, 0.25) is 0 Å². The van der Waals surface area contributed by atoms with Crippen LogP contribution in [0.5, 0.6) is 11.5 Å². The lowest BCUT2D eigenvalue weighted by molar-refractivity contribution is -0.140. The summed E-state index contributed by atoms with van der Waals surface area (Å²) in [5.41, 5.74) is 0.906. The minimum Gasteiger partial charge on any atom is -0.497 e. The van der Waals surface area contributed by atoms with Crippen LogP contribution in [-0.2, 0) is 16.1 Å². The van der Waals surface area contributed by atoms with Crippen LogP contribution in [0.1, 0.15) is 25.3 Å². The van der Waals surface area contributed by atoms with Crippen LogP contribution < -0.4 is 14.8 Å². The molecule has 0 aliphatic carbocycles. The number of nitrogens with one attached hydrogen (secondary N) is 1. The number of hydrogen-bond acceptors (Lipinski definition) is 4. The minimum atomic E-state index is -0.571. The molecule has 0 spiro atoms. The average Bonchev–Trinajstić information content (AvgIpc) is 2.74. The number of carbonyl (C=O) groups is 2. The summed E-state index contributed by atoms with van der Waals surface area (Å²) in [6, 6.07) is 16.4. The maximum atomic E-state index is 12.8. The van der Waals surface area contributed by atoms with Crippen LogP contribution in [0, 0.1) is 0 Å². The predicted molar refractivity (Wildman–Crippen MR) is 108 cm³/mol. The number of rotatable bonds is 10. The molecule has 0 unspecified atom stereocenters. The zero-order chi connectivity index (χ0) is 20.4. The summed E-state index contributed by atoms with van der Waals surface area (Å²) in [7, 11) is 3.17. The Hall–Kier alpha value is -3.02. The Morgan fingerprint density at radius 2 is 1.79 bits per heavy atom. The Morgan fingerprint density at radius 3 is 2.46 bits per heavy atom. The molecule has 2 aromatic carbocycles. The van der Waals surface area contributed by atoms with Gasteiger partial charge in [-0.3, -0.25) is 9.59 Å². The van der Waals surface area contributed by atoms with Gasteiger partial charge in [-0.1, -0.05) is 30.3 Å². The van der Waals surface area contributed by atoms with E-state index in [0.717, 1.165) is 11.3 Å². The molecular formula is C22H28N2O4. The van der Waals surface area contributed by atoms with E-state index in [9.17, 15) is 9.59 Å². The number of methoxy groups -OCH3 is 1. The number of likely N-dealkylation sites (N-methyl/N-ethyl adjacent to an activating group) is 1. The first-order valence-corrected chi connectivity index (χ1v) is 9.37. The second kappa shape index (κ2) is 11.0. The molecule has 150 valence electrons. The lowest BCUT2D eigenvalue weighted by atomic mass is 10.1. The third kappa shape index (κ3) is 6.30. The maximum absolute atomic E-state index is 12.8. The van der Waals surface area contributed by atoms with Crippen LogP contribution in [-0.4, -0.2) is 43.5 Å². The van der Waals surface area contributed by atoms with Crippen molar-refractivity contribution in [2.75, 3.05) is 20.8 Å². The normalized spacial score (nSPS) is 11.4. The van der Waals surface area contributed by atoms with Gasteiger partial charge in [0.2, 0.25) is 11.8 Å². The maximum Gasteiger partial charge on any atom is 0.242 e. The monoisotopic (exact) mass is 384 g/mol. The number of ether oxygens (including phenoxy) is 2. The Bertz CT molecular complexity index is 764. The van der Waals surface area contributed by atoms with E-state index in [4.69, 9.17) is 9.47 Å². The SMILES string of the molecule is CNC(=O)[C@H](C)N(Cc1cccc(OC)c1)C(=O)CCCOc1ccccc1. The molecule has 2 aromatic rings. The van der Waals surface area contributed by atoms with Crippen molar-refractivity contribution in [3.63, 3.8) is 0 Å². The van der Waals surface area contributed by atoms with Gasteiger partial charge in [-0.25, -0.2) is 0 Å².